The first-order valence-electron chi connectivity index (χ1n) is 8.93. The maximum absolute atomic E-state index is 13.4. The molecule has 0 aliphatic heterocycles. The molecule has 5 heteroatoms. The second-order valence-corrected chi connectivity index (χ2v) is 7.51. The van der Waals surface area contributed by atoms with Crippen molar-refractivity contribution in [1.29, 1.82) is 0 Å². The van der Waals surface area contributed by atoms with Crippen LogP contribution in [0.1, 0.15) is 20.8 Å². The fraction of sp³-hybridized carbons (Fsp3) is 0.0870. The van der Waals surface area contributed by atoms with Crippen LogP contribution < -0.4 is 5.32 Å². The molecule has 1 amide bonds. The zero-order valence-electron chi connectivity index (χ0n) is 15.6. The summed E-state index contributed by atoms with van der Waals surface area (Å²) in [6.45, 7) is 4.02. The van der Waals surface area contributed by atoms with Gasteiger partial charge in [-0.3, -0.25) is 4.79 Å². The van der Waals surface area contributed by atoms with Crippen LogP contribution in [0.5, 0.6) is 0 Å². The largest absolute Gasteiger partial charge is 0.322 e. The molecule has 1 N–H and O–H groups in total. The Morgan fingerprint density at radius 3 is 2.43 bits per heavy atom. The summed E-state index contributed by atoms with van der Waals surface area (Å²) in [5, 5.41) is 4.99. The summed E-state index contributed by atoms with van der Waals surface area (Å²) in [4.78, 5) is 13.7. The zero-order valence-corrected chi connectivity index (χ0v) is 16.4. The lowest BCUT2D eigenvalue weighted by Gasteiger charge is -2.12. The van der Waals surface area contributed by atoms with Gasteiger partial charge in [0.2, 0.25) is 0 Å². The van der Waals surface area contributed by atoms with Crippen LogP contribution in [-0.4, -0.2) is 10.5 Å². The molecule has 2 heterocycles. The van der Waals surface area contributed by atoms with Gasteiger partial charge in [0.1, 0.15) is 10.7 Å². The number of halogens is 1. The Hall–Kier alpha value is -3.18. The van der Waals surface area contributed by atoms with Crippen LogP contribution in [0.2, 0.25) is 0 Å². The number of thiophene rings is 1. The van der Waals surface area contributed by atoms with Gasteiger partial charge in [-0.15, -0.1) is 11.3 Å². The summed E-state index contributed by atoms with van der Waals surface area (Å²) in [6.07, 6.45) is 3.81. The van der Waals surface area contributed by atoms with Gasteiger partial charge < -0.3 is 9.88 Å². The third kappa shape index (κ3) is 3.37. The molecule has 2 aromatic carbocycles. The lowest BCUT2D eigenvalue weighted by atomic mass is 10.1. The third-order valence-electron chi connectivity index (χ3n) is 4.84. The van der Waals surface area contributed by atoms with E-state index in [-0.39, 0.29) is 11.7 Å². The van der Waals surface area contributed by atoms with E-state index in [4.69, 9.17) is 0 Å². The number of nitrogens with zero attached hydrogens (tertiary/aromatic N) is 1. The van der Waals surface area contributed by atoms with Crippen molar-refractivity contribution in [2.75, 3.05) is 5.32 Å². The minimum atomic E-state index is -0.283. The number of hydrogen-bond donors (Lipinski definition) is 1. The van der Waals surface area contributed by atoms with E-state index in [1.807, 2.05) is 66.5 Å². The van der Waals surface area contributed by atoms with E-state index < -0.39 is 0 Å². The molecule has 0 aliphatic rings. The molecule has 0 fully saturated rings. The van der Waals surface area contributed by atoms with Crippen LogP contribution in [-0.2, 0) is 0 Å². The Balaban J connectivity index is 1.78. The van der Waals surface area contributed by atoms with Crippen LogP contribution in [0.15, 0.2) is 72.4 Å². The van der Waals surface area contributed by atoms with Gasteiger partial charge in [0, 0.05) is 29.0 Å². The van der Waals surface area contributed by atoms with E-state index in [0.717, 1.165) is 33.6 Å². The van der Waals surface area contributed by atoms with Gasteiger partial charge in [0.05, 0.1) is 5.69 Å². The van der Waals surface area contributed by atoms with Crippen molar-refractivity contribution >= 4 is 22.9 Å². The molecule has 0 bridgehead atoms. The van der Waals surface area contributed by atoms with Crippen molar-refractivity contribution < 1.29 is 9.18 Å². The van der Waals surface area contributed by atoms with E-state index in [2.05, 4.69) is 5.32 Å². The third-order valence-corrected chi connectivity index (χ3v) is 5.81. The molecule has 4 aromatic rings. The molecule has 0 saturated heterocycles. The molecular weight excluding hydrogens is 371 g/mol. The Kier molecular flexibility index (Phi) is 4.84. The summed E-state index contributed by atoms with van der Waals surface area (Å²) in [7, 11) is 0. The Morgan fingerprint density at radius 2 is 1.71 bits per heavy atom. The van der Waals surface area contributed by atoms with Gasteiger partial charge in [-0.2, -0.15) is 0 Å². The van der Waals surface area contributed by atoms with E-state index in [1.165, 1.54) is 23.5 Å². The Morgan fingerprint density at radius 1 is 1.00 bits per heavy atom. The summed E-state index contributed by atoms with van der Waals surface area (Å²) < 4.78 is 15.3. The number of rotatable bonds is 4. The number of carbonyl (C=O) groups excluding carboxylic acids is 1. The lowest BCUT2D eigenvalue weighted by Crippen LogP contribution is -2.14. The molecular formula is C23H19FN2OS. The van der Waals surface area contributed by atoms with Crippen LogP contribution in [0.4, 0.5) is 10.1 Å². The number of anilines is 1. The van der Waals surface area contributed by atoms with Crippen molar-refractivity contribution in [3.05, 3.63) is 94.2 Å². The number of aromatic nitrogens is 1. The summed E-state index contributed by atoms with van der Waals surface area (Å²) in [5.41, 5.74) is 5.54. The van der Waals surface area contributed by atoms with E-state index in [0.29, 0.717) is 4.88 Å². The highest BCUT2D eigenvalue weighted by atomic mass is 32.1. The highest BCUT2D eigenvalue weighted by Crippen LogP contribution is 2.35. The van der Waals surface area contributed by atoms with Crippen molar-refractivity contribution in [3.63, 3.8) is 0 Å². The molecule has 0 aliphatic carbocycles. The molecule has 0 spiro atoms. The molecule has 0 radical (unpaired) electrons. The minimum Gasteiger partial charge on any atom is -0.322 e. The van der Waals surface area contributed by atoms with Crippen LogP contribution in [0.3, 0.4) is 0 Å². The second-order valence-electron chi connectivity index (χ2n) is 6.63. The normalized spacial score (nSPS) is 10.8. The van der Waals surface area contributed by atoms with Crippen molar-refractivity contribution in [2.24, 2.45) is 0 Å². The lowest BCUT2D eigenvalue weighted by molar-refractivity contribution is 0.103. The van der Waals surface area contributed by atoms with Gasteiger partial charge in [0.25, 0.3) is 5.91 Å². The number of aryl methyl sites for hydroxylation is 1. The number of hydrogen-bond acceptors (Lipinski definition) is 2. The topological polar surface area (TPSA) is 34.0 Å². The minimum absolute atomic E-state index is 0.157. The molecule has 0 unspecified atom stereocenters. The number of nitrogens with one attached hydrogen (secondary N) is 1. The van der Waals surface area contributed by atoms with Gasteiger partial charge in [-0.05, 0) is 60.9 Å². The first kappa shape index (κ1) is 18.2. The number of benzene rings is 2. The van der Waals surface area contributed by atoms with E-state index in [1.54, 1.807) is 12.1 Å². The summed E-state index contributed by atoms with van der Waals surface area (Å²) in [6, 6.07) is 16.0. The maximum atomic E-state index is 13.4. The van der Waals surface area contributed by atoms with Crippen LogP contribution in [0.25, 0.3) is 16.8 Å². The first-order chi connectivity index (χ1) is 13.5. The molecule has 28 heavy (non-hydrogen) atoms. The average molecular weight is 390 g/mol. The van der Waals surface area contributed by atoms with E-state index >= 15 is 0 Å². The summed E-state index contributed by atoms with van der Waals surface area (Å²) in [5.74, 6) is -0.440. The predicted molar refractivity (Wildman–Crippen MR) is 113 cm³/mol. The smallest absolute Gasteiger partial charge is 0.267 e. The maximum Gasteiger partial charge on any atom is 0.267 e. The number of carbonyl (C=O) groups is 1. The Labute approximate surface area is 167 Å². The van der Waals surface area contributed by atoms with Crippen molar-refractivity contribution in [1.82, 2.24) is 4.57 Å². The monoisotopic (exact) mass is 390 g/mol. The quantitative estimate of drug-likeness (QED) is 0.441. The van der Waals surface area contributed by atoms with Crippen molar-refractivity contribution in [2.45, 2.75) is 13.8 Å². The second kappa shape index (κ2) is 7.44. The van der Waals surface area contributed by atoms with Gasteiger partial charge in [0.15, 0.2) is 0 Å². The van der Waals surface area contributed by atoms with Gasteiger partial charge >= 0.3 is 0 Å². The zero-order chi connectivity index (χ0) is 19.7. The molecule has 0 saturated carbocycles. The van der Waals surface area contributed by atoms with Gasteiger partial charge in [-0.25, -0.2) is 4.39 Å². The Bertz CT molecular complexity index is 1130. The summed E-state index contributed by atoms with van der Waals surface area (Å²) >= 11 is 1.38. The molecule has 140 valence electrons. The fourth-order valence-electron chi connectivity index (χ4n) is 3.15. The van der Waals surface area contributed by atoms with Crippen LogP contribution >= 0.6 is 11.3 Å². The number of amides is 1. The van der Waals surface area contributed by atoms with Gasteiger partial charge in [-0.1, -0.05) is 24.3 Å². The van der Waals surface area contributed by atoms with Crippen molar-refractivity contribution in [3.8, 4) is 16.8 Å². The highest BCUT2D eigenvalue weighted by Gasteiger charge is 2.21. The molecule has 2 aromatic heterocycles. The molecule has 3 nitrogen and oxygen atoms in total. The predicted octanol–water partition coefficient (Wildman–Crippen LogP) is 6.21. The SMILES string of the molecule is Cc1cccc(NC(=O)c2scc(-c3ccc(F)cc3)c2-n2cccc2)c1C. The average Bonchev–Trinajstić information content (AvgIpc) is 3.35. The fourth-order valence-corrected chi connectivity index (χ4v) is 4.12. The molecule has 4 rings (SSSR count). The highest BCUT2D eigenvalue weighted by molar-refractivity contribution is 7.13. The van der Waals surface area contributed by atoms with E-state index in [9.17, 15) is 9.18 Å². The standard InChI is InChI=1S/C23H19FN2OS/c1-15-6-5-7-20(16(15)2)25-23(27)22-21(26-12-3-4-13-26)19(14-28-22)17-8-10-18(24)11-9-17/h3-14H,1-2H3,(H,25,27). The van der Waals surface area contributed by atoms with Crippen LogP contribution in [0, 0.1) is 19.7 Å². The first-order valence-corrected chi connectivity index (χ1v) is 9.81. The molecule has 0 atom stereocenters.